The van der Waals surface area contributed by atoms with Crippen molar-refractivity contribution in [2.45, 2.75) is 13.0 Å². The lowest BCUT2D eigenvalue weighted by atomic mass is 10.2. The molecule has 23 heavy (non-hydrogen) atoms. The first-order chi connectivity index (χ1) is 11.1. The van der Waals surface area contributed by atoms with E-state index in [2.05, 4.69) is 23.6 Å². The van der Waals surface area contributed by atoms with Gasteiger partial charge in [-0.25, -0.2) is 0 Å². The minimum Gasteiger partial charge on any atom is -0.378 e. The third-order valence-electron chi connectivity index (χ3n) is 4.26. The molecule has 5 nitrogen and oxygen atoms in total. The van der Waals surface area contributed by atoms with Gasteiger partial charge >= 0.3 is 0 Å². The fourth-order valence-corrected chi connectivity index (χ4v) is 3.43. The molecule has 1 aromatic carbocycles. The molecule has 0 spiro atoms. The third-order valence-corrected chi connectivity index (χ3v) is 4.68. The van der Waals surface area contributed by atoms with Gasteiger partial charge in [0.15, 0.2) is 5.11 Å². The molecule has 2 fully saturated rings. The number of hydrogen-bond acceptors (Lipinski definition) is 4. The number of ether oxygens (including phenoxy) is 1. The Kier molecular flexibility index (Phi) is 4.63. The monoisotopic (exact) mass is 331 g/mol. The van der Waals surface area contributed by atoms with Gasteiger partial charge < -0.3 is 14.5 Å². The molecule has 6 heteroatoms. The number of benzene rings is 1. The van der Waals surface area contributed by atoms with E-state index in [1.165, 1.54) is 5.69 Å². The summed E-state index contributed by atoms with van der Waals surface area (Å²) in [6, 6.07) is 7.93. The maximum absolute atomic E-state index is 12.3. The van der Waals surface area contributed by atoms with E-state index in [9.17, 15) is 4.79 Å². The maximum Gasteiger partial charge on any atom is 0.251 e. The van der Waals surface area contributed by atoms with E-state index in [4.69, 9.17) is 17.0 Å². The van der Waals surface area contributed by atoms with Crippen LogP contribution >= 0.6 is 12.2 Å². The highest BCUT2D eigenvalue weighted by Gasteiger charge is 2.39. The molecular weight excluding hydrogens is 310 g/mol. The van der Waals surface area contributed by atoms with Crippen molar-refractivity contribution in [2.24, 2.45) is 0 Å². The van der Waals surface area contributed by atoms with Crippen molar-refractivity contribution >= 4 is 34.6 Å². The lowest BCUT2D eigenvalue weighted by molar-refractivity contribution is -0.126. The summed E-state index contributed by atoms with van der Waals surface area (Å²) in [6.45, 7) is 9.36. The minimum atomic E-state index is -0.281. The molecule has 122 valence electrons. The normalized spacial score (nSPS) is 22.0. The first-order valence-corrected chi connectivity index (χ1v) is 8.22. The molecule has 2 saturated heterocycles. The first-order valence-electron chi connectivity index (χ1n) is 7.81. The highest BCUT2D eigenvalue weighted by Crippen LogP contribution is 2.28. The van der Waals surface area contributed by atoms with Gasteiger partial charge in [-0.2, -0.15) is 0 Å². The summed E-state index contributed by atoms with van der Waals surface area (Å²) < 4.78 is 5.38. The second-order valence-corrected chi connectivity index (χ2v) is 6.05. The molecule has 2 aliphatic rings. The van der Waals surface area contributed by atoms with Crippen LogP contribution in [0.5, 0.6) is 0 Å². The van der Waals surface area contributed by atoms with Crippen LogP contribution in [-0.2, 0) is 9.53 Å². The van der Waals surface area contributed by atoms with Crippen molar-refractivity contribution in [1.82, 2.24) is 4.90 Å². The van der Waals surface area contributed by atoms with Gasteiger partial charge in [0.2, 0.25) is 0 Å². The number of amides is 1. The van der Waals surface area contributed by atoms with Crippen LogP contribution in [-0.4, -0.2) is 54.8 Å². The van der Waals surface area contributed by atoms with Gasteiger partial charge in [0.05, 0.1) is 13.2 Å². The number of morpholine rings is 1. The smallest absolute Gasteiger partial charge is 0.251 e. The maximum atomic E-state index is 12.3. The highest BCUT2D eigenvalue weighted by molar-refractivity contribution is 7.80. The van der Waals surface area contributed by atoms with Crippen LogP contribution in [0.15, 0.2) is 36.9 Å². The van der Waals surface area contributed by atoms with E-state index in [1.807, 2.05) is 24.0 Å². The molecule has 0 N–H and O–H groups in total. The Morgan fingerprint density at radius 3 is 2.48 bits per heavy atom. The average Bonchev–Trinajstić information content (AvgIpc) is 2.80. The number of anilines is 2. The molecular formula is C17H21N3O2S. The van der Waals surface area contributed by atoms with E-state index in [1.54, 1.807) is 11.0 Å². The Balaban J connectivity index is 1.80. The zero-order valence-corrected chi connectivity index (χ0v) is 14.1. The number of carbonyl (C=O) groups is 1. The number of rotatable bonds is 4. The molecule has 3 rings (SSSR count). The lowest BCUT2D eigenvalue weighted by Crippen LogP contribution is -2.36. The fraction of sp³-hybridized carbons (Fsp3) is 0.412. The molecule has 0 radical (unpaired) electrons. The Morgan fingerprint density at radius 1 is 1.26 bits per heavy atom. The second kappa shape index (κ2) is 6.68. The summed E-state index contributed by atoms with van der Waals surface area (Å²) >= 11 is 5.48. The Bertz CT molecular complexity index is 611. The molecule has 1 amide bonds. The summed E-state index contributed by atoms with van der Waals surface area (Å²) in [5.41, 5.74) is 2.11. The summed E-state index contributed by atoms with van der Waals surface area (Å²) in [5.74, 6) is 0.0205. The van der Waals surface area contributed by atoms with Gasteiger partial charge in [-0.3, -0.25) is 9.69 Å². The Hall–Kier alpha value is -1.92. The topological polar surface area (TPSA) is 36.0 Å². The van der Waals surface area contributed by atoms with Crippen LogP contribution in [0, 0.1) is 0 Å². The van der Waals surface area contributed by atoms with E-state index in [-0.39, 0.29) is 11.9 Å². The molecule has 1 atom stereocenters. The minimum absolute atomic E-state index is 0.0205. The van der Waals surface area contributed by atoms with Crippen molar-refractivity contribution in [3.05, 3.63) is 36.9 Å². The first kappa shape index (κ1) is 16.0. The zero-order valence-electron chi connectivity index (χ0n) is 13.3. The highest BCUT2D eigenvalue weighted by atomic mass is 32.1. The van der Waals surface area contributed by atoms with Crippen LogP contribution < -0.4 is 9.80 Å². The number of hydrogen-bond donors (Lipinski definition) is 0. The Morgan fingerprint density at radius 2 is 1.87 bits per heavy atom. The second-order valence-electron chi connectivity index (χ2n) is 5.68. The predicted octanol–water partition coefficient (Wildman–Crippen LogP) is 2.03. The van der Waals surface area contributed by atoms with Crippen LogP contribution in [0.4, 0.5) is 11.4 Å². The van der Waals surface area contributed by atoms with Crippen molar-refractivity contribution in [3.8, 4) is 0 Å². The molecule has 1 unspecified atom stereocenters. The van der Waals surface area contributed by atoms with Gasteiger partial charge in [0.1, 0.15) is 6.04 Å². The summed E-state index contributed by atoms with van der Waals surface area (Å²) in [4.78, 5) is 18.1. The van der Waals surface area contributed by atoms with E-state index >= 15 is 0 Å². The third kappa shape index (κ3) is 2.96. The molecule has 0 saturated carbocycles. The Labute approximate surface area is 142 Å². The van der Waals surface area contributed by atoms with E-state index in [0.29, 0.717) is 11.7 Å². The van der Waals surface area contributed by atoms with Crippen LogP contribution in [0.3, 0.4) is 0 Å². The van der Waals surface area contributed by atoms with Gasteiger partial charge in [0.25, 0.3) is 5.91 Å². The number of nitrogens with zero attached hydrogens (tertiary/aromatic N) is 3. The van der Waals surface area contributed by atoms with Crippen molar-refractivity contribution in [3.63, 3.8) is 0 Å². The van der Waals surface area contributed by atoms with Gasteiger partial charge in [0, 0.05) is 31.0 Å². The van der Waals surface area contributed by atoms with Gasteiger partial charge in [-0.1, -0.05) is 6.08 Å². The summed E-state index contributed by atoms with van der Waals surface area (Å²) in [5, 5.41) is 0.543. The molecule has 2 aliphatic heterocycles. The summed E-state index contributed by atoms with van der Waals surface area (Å²) in [7, 11) is 0. The SMILES string of the molecule is C=CCN1C(=O)C(C)N(c2ccc(N3CCOCC3)cc2)C1=S. The molecule has 2 heterocycles. The van der Waals surface area contributed by atoms with Crippen LogP contribution in [0.1, 0.15) is 6.92 Å². The van der Waals surface area contributed by atoms with Gasteiger partial charge in [-0.15, -0.1) is 6.58 Å². The summed E-state index contributed by atoms with van der Waals surface area (Å²) in [6.07, 6.45) is 1.70. The quantitative estimate of drug-likeness (QED) is 0.623. The fourth-order valence-electron chi connectivity index (χ4n) is 3.00. The van der Waals surface area contributed by atoms with Crippen LogP contribution in [0.25, 0.3) is 0 Å². The number of carbonyl (C=O) groups excluding carboxylic acids is 1. The van der Waals surface area contributed by atoms with Crippen LogP contribution in [0.2, 0.25) is 0 Å². The van der Waals surface area contributed by atoms with Crippen molar-refractivity contribution in [1.29, 1.82) is 0 Å². The standard InChI is InChI=1S/C17H21N3O2S/c1-3-8-19-16(21)13(2)20(17(19)23)15-6-4-14(5-7-15)18-9-11-22-12-10-18/h3-7,13H,1,8-12H2,2H3. The molecule has 0 aliphatic carbocycles. The number of thiocarbonyl (C=S) groups is 1. The van der Waals surface area contributed by atoms with E-state index < -0.39 is 0 Å². The van der Waals surface area contributed by atoms with E-state index in [0.717, 1.165) is 32.0 Å². The lowest BCUT2D eigenvalue weighted by Gasteiger charge is -2.29. The predicted molar refractivity (Wildman–Crippen MR) is 95.9 cm³/mol. The zero-order chi connectivity index (χ0) is 16.4. The van der Waals surface area contributed by atoms with Gasteiger partial charge in [-0.05, 0) is 43.4 Å². The largest absolute Gasteiger partial charge is 0.378 e. The van der Waals surface area contributed by atoms with Crippen molar-refractivity contribution in [2.75, 3.05) is 42.6 Å². The average molecular weight is 331 g/mol. The molecule has 0 bridgehead atoms. The van der Waals surface area contributed by atoms with Crippen molar-refractivity contribution < 1.29 is 9.53 Å². The molecule has 0 aromatic heterocycles. The molecule has 1 aromatic rings.